The predicted molar refractivity (Wildman–Crippen MR) is 75.1 cm³/mol. The molecule has 0 bridgehead atoms. The fourth-order valence-corrected chi connectivity index (χ4v) is 4.75. The molecule has 0 saturated carbocycles. The summed E-state index contributed by atoms with van der Waals surface area (Å²) in [7, 11) is -1.98. The molecule has 8 nitrogen and oxygen atoms in total. The Morgan fingerprint density at radius 3 is 2.71 bits per heavy atom. The lowest BCUT2D eigenvalue weighted by Gasteiger charge is -2.21. The number of hydrogen-bond acceptors (Lipinski definition) is 6. The molecule has 3 heterocycles. The first-order valence-corrected chi connectivity index (χ1v) is 8.79. The van der Waals surface area contributed by atoms with E-state index in [0.717, 1.165) is 11.8 Å². The molecule has 2 fully saturated rings. The molecule has 1 unspecified atom stereocenters. The second-order valence-electron chi connectivity index (χ2n) is 5.00. The molecule has 0 N–H and O–H groups in total. The molecule has 0 spiro atoms. The van der Waals surface area contributed by atoms with Crippen molar-refractivity contribution in [2.45, 2.75) is 17.5 Å². The monoisotopic (exact) mass is 330 g/mol. The average Bonchev–Trinajstić information content (AvgIpc) is 3.11. The summed E-state index contributed by atoms with van der Waals surface area (Å²) in [6.45, 7) is 0.419. The van der Waals surface area contributed by atoms with Crippen molar-refractivity contribution < 1.29 is 18.0 Å². The molecule has 114 valence electrons. The third-order valence-electron chi connectivity index (χ3n) is 3.56. The van der Waals surface area contributed by atoms with E-state index in [1.807, 2.05) is 0 Å². The molecule has 1 aromatic heterocycles. The largest absolute Gasteiger partial charge is 0.339 e. The molecule has 0 aromatic carbocycles. The van der Waals surface area contributed by atoms with Crippen LogP contribution in [0.5, 0.6) is 0 Å². The molecular formula is C11H14N4O4S2. The number of imidazole rings is 1. The maximum absolute atomic E-state index is 12.4. The molecule has 1 atom stereocenters. The lowest BCUT2D eigenvalue weighted by Crippen LogP contribution is -2.41. The van der Waals surface area contributed by atoms with Crippen LogP contribution in [-0.2, 0) is 21.9 Å². The highest BCUT2D eigenvalue weighted by Crippen LogP contribution is 2.28. The number of thioether (sulfide) groups is 1. The number of carbonyl (C=O) groups excluding carboxylic acids is 2. The van der Waals surface area contributed by atoms with Crippen molar-refractivity contribution in [3.05, 3.63) is 12.5 Å². The van der Waals surface area contributed by atoms with Gasteiger partial charge in [0.25, 0.3) is 15.3 Å². The van der Waals surface area contributed by atoms with E-state index >= 15 is 0 Å². The first-order valence-electron chi connectivity index (χ1n) is 6.36. The van der Waals surface area contributed by atoms with Crippen LogP contribution >= 0.6 is 11.8 Å². The SMILES string of the molecule is Cn1cnc(S(=O)(=O)N2CCC(N3C(=O)CSC3=O)C2)c1. The van der Waals surface area contributed by atoms with Crippen molar-refractivity contribution >= 4 is 32.9 Å². The number of carbonyl (C=O) groups is 2. The van der Waals surface area contributed by atoms with Crippen molar-refractivity contribution in [3.63, 3.8) is 0 Å². The highest BCUT2D eigenvalue weighted by molar-refractivity contribution is 8.14. The number of rotatable bonds is 3. The van der Waals surface area contributed by atoms with Crippen LogP contribution in [0.15, 0.2) is 17.6 Å². The smallest absolute Gasteiger partial charge is 0.289 e. The topological polar surface area (TPSA) is 92.6 Å². The second-order valence-corrected chi connectivity index (χ2v) is 7.81. The Kier molecular flexibility index (Phi) is 3.54. The van der Waals surface area contributed by atoms with Crippen molar-refractivity contribution in [1.82, 2.24) is 18.8 Å². The van der Waals surface area contributed by atoms with Gasteiger partial charge in [-0.15, -0.1) is 0 Å². The quantitative estimate of drug-likeness (QED) is 0.767. The van der Waals surface area contributed by atoms with E-state index in [-0.39, 0.29) is 41.1 Å². The summed E-state index contributed by atoms with van der Waals surface area (Å²) in [5.41, 5.74) is 0. The van der Waals surface area contributed by atoms with Crippen LogP contribution in [0.2, 0.25) is 0 Å². The van der Waals surface area contributed by atoms with Crippen LogP contribution in [-0.4, -0.2) is 63.2 Å². The Balaban J connectivity index is 1.78. The standard InChI is InChI=1S/C11H14N4O4S2/c1-13-5-9(12-7-13)21(18,19)14-3-2-8(4-14)15-10(16)6-20-11(15)17/h5,7-8H,2-4,6H2,1H3. The summed E-state index contributed by atoms with van der Waals surface area (Å²) < 4.78 is 27.7. The Labute approximate surface area is 126 Å². The van der Waals surface area contributed by atoms with E-state index in [1.165, 1.54) is 21.7 Å². The van der Waals surface area contributed by atoms with Crippen LogP contribution in [0.4, 0.5) is 4.79 Å². The Hall–Kier alpha value is -1.39. The highest BCUT2D eigenvalue weighted by Gasteiger charge is 2.42. The van der Waals surface area contributed by atoms with E-state index in [4.69, 9.17) is 0 Å². The van der Waals surface area contributed by atoms with E-state index in [0.29, 0.717) is 6.42 Å². The maximum Gasteiger partial charge on any atom is 0.289 e. The van der Waals surface area contributed by atoms with Gasteiger partial charge in [-0.1, -0.05) is 11.8 Å². The molecule has 1 aromatic rings. The number of aromatic nitrogens is 2. The number of sulfonamides is 1. The van der Waals surface area contributed by atoms with Gasteiger partial charge in [0.1, 0.15) is 0 Å². The van der Waals surface area contributed by atoms with Crippen molar-refractivity contribution in [2.24, 2.45) is 7.05 Å². The number of amides is 2. The summed E-state index contributed by atoms with van der Waals surface area (Å²) in [5, 5.41) is -0.304. The summed E-state index contributed by atoms with van der Waals surface area (Å²) in [6, 6.07) is -0.376. The van der Waals surface area contributed by atoms with Gasteiger partial charge < -0.3 is 4.57 Å². The van der Waals surface area contributed by atoms with E-state index in [2.05, 4.69) is 4.98 Å². The number of hydrogen-bond donors (Lipinski definition) is 0. The third-order valence-corrected chi connectivity index (χ3v) is 6.15. The van der Waals surface area contributed by atoms with E-state index in [1.54, 1.807) is 11.6 Å². The Morgan fingerprint density at radius 2 is 2.14 bits per heavy atom. The van der Waals surface area contributed by atoms with Gasteiger partial charge in [0.2, 0.25) is 5.91 Å². The van der Waals surface area contributed by atoms with Crippen LogP contribution in [0.1, 0.15) is 6.42 Å². The fraction of sp³-hybridized carbons (Fsp3) is 0.545. The van der Waals surface area contributed by atoms with Gasteiger partial charge in [0.15, 0.2) is 5.03 Å². The maximum atomic E-state index is 12.4. The van der Waals surface area contributed by atoms with Crippen LogP contribution in [0.25, 0.3) is 0 Å². The lowest BCUT2D eigenvalue weighted by atomic mass is 10.2. The summed E-state index contributed by atoms with van der Waals surface area (Å²) in [6.07, 6.45) is 3.32. The molecular weight excluding hydrogens is 316 g/mol. The van der Waals surface area contributed by atoms with Gasteiger partial charge in [-0.05, 0) is 6.42 Å². The first-order chi connectivity index (χ1) is 9.89. The molecule has 0 radical (unpaired) electrons. The lowest BCUT2D eigenvalue weighted by molar-refractivity contribution is -0.126. The number of aryl methyl sites for hydroxylation is 1. The molecule has 2 amide bonds. The molecule has 21 heavy (non-hydrogen) atoms. The minimum atomic E-state index is -3.67. The predicted octanol–water partition coefficient (Wildman–Crippen LogP) is -0.122. The molecule has 10 heteroatoms. The minimum absolute atomic E-state index is 0.0147. The highest BCUT2D eigenvalue weighted by atomic mass is 32.2. The van der Waals surface area contributed by atoms with Crippen LogP contribution in [0.3, 0.4) is 0 Å². The Morgan fingerprint density at radius 1 is 1.38 bits per heavy atom. The first kappa shape index (κ1) is 14.5. The van der Waals surface area contributed by atoms with Gasteiger partial charge >= 0.3 is 0 Å². The molecule has 3 rings (SSSR count). The normalized spacial score (nSPS) is 24.2. The number of imide groups is 1. The van der Waals surface area contributed by atoms with Crippen molar-refractivity contribution in [1.29, 1.82) is 0 Å². The third kappa shape index (κ3) is 2.47. The van der Waals surface area contributed by atoms with Gasteiger partial charge in [-0.25, -0.2) is 13.4 Å². The van der Waals surface area contributed by atoms with Crippen LogP contribution in [0, 0.1) is 0 Å². The summed E-state index contributed by atoms with van der Waals surface area (Å²) in [4.78, 5) is 28.4. The fourth-order valence-electron chi connectivity index (χ4n) is 2.51. The van der Waals surface area contributed by atoms with Gasteiger partial charge in [-0.2, -0.15) is 4.31 Å². The molecule has 0 aliphatic carbocycles. The second kappa shape index (κ2) is 5.11. The molecule has 2 aliphatic heterocycles. The number of nitrogens with zero attached hydrogens (tertiary/aromatic N) is 4. The van der Waals surface area contributed by atoms with Crippen molar-refractivity contribution in [3.8, 4) is 0 Å². The summed E-state index contributed by atoms with van der Waals surface area (Å²) >= 11 is 0.963. The summed E-state index contributed by atoms with van der Waals surface area (Å²) in [5.74, 6) is -0.102. The Bertz CT molecular complexity index is 683. The van der Waals surface area contributed by atoms with Crippen LogP contribution < -0.4 is 0 Å². The van der Waals surface area contributed by atoms with E-state index in [9.17, 15) is 18.0 Å². The molecule has 2 aliphatic rings. The van der Waals surface area contributed by atoms with Gasteiger partial charge in [0.05, 0.1) is 18.1 Å². The average molecular weight is 330 g/mol. The zero-order valence-electron chi connectivity index (χ0n) is 11.3. The zero-order valence-corrected chi connectivity index (χ0v) is 12.9. The van der Waals surface area contributed by atoms with Gasteiger partial charge in [-0.3, -0.25) is 14.5 Å². The zero-order chi connectivity index (χ0) is 15.2. The minimum Gasteiger partial charge on any atom is -0.339 e. The molecule has 2 saturated heterocycles. The van der Waals surface area contributed by atoms with E-state index < -0.39 is 10.0 Å². The van der Waals surface area contributed by atoms with Crippen molar-refractivity contribution in [2.75, 3.05) is 18.8 Å². The van der Waals surface area contributed by atoms with Gasteiger partial charge in [0, 0.05) is 26.3 Å².